The van der Waals surface area contributed by atoms with Gasteiger partial charge in [0.1, 0.15) is 11.9 Å². The van der Waals surface area contributed by atoms with Crippen molar-refractivity contribution in [1.29, 1.82) is 0 Å². The highest BCUT2D eigenvalue weighted by atomic mass is 16.6. The van der Waals surface area contributed by atoms with E-state index in [0.29, 0.717) is 31.5 Å². The molecule has 0 bridgehead atoms. The Bertz CT molecular complexity index is 993. The smallest absolute Gasteiger partial charge is 0.160 e. The quantitative estimate of drug-likeness (QED) is 0.545. The predicted octanol–water partition coefficient (Wildman–Crippen LogP) is 5.02. The largest absolute Gasteiger partial charge is 0.392 e. The Morgan fingerprint density at radius 2 is 1.69 bits per heavy atom. The molecule has 3 saturated carbocycles. The van der Waals surface area contributed by atoms with Crippen molar-refractivity contribution in [1.82, 2.24) is 0 Å². The van der Waals surface area contributed by atoms with Crippen molar-refractivity contribution < 1.29 is 24.5 Å². The number of hydrogen-bond donors (Lipinski definition) is 2. The first kappa shape index (κ1) is 25.6. The predicted molar refractivity (Wildman–Crippen MR) is 135 cm³/mol. The number of epoxide rings is 1. The number of aliphatic hydroxyl groups is 2. The lowest BCUT2D eigenvalue weighted by molar-refractivity contribution is -0.208. The minimum Gasteiger partial charge on any atom is -0.392 e. The fourth-order valence-corrected chi connectivity index (χ4v) is 9.98. The number of Topliss-reactive ketones (excluding diaryl/α,β-unsaturated/α-hetero) is 2. The van der Waals surface area contributed by atoms with Gasteiger partial charge in [0.15, 0.2) is 5.78 Å². The van der Waals surface area contributed by atoms with Crippen LogP contribution in [0.1, 0.15) is 100 Å². The van der Waals surface area contributed by atoms with E-state index in [1.807, 2.05) is 13.8 Å². The van der Waals surface area contributed by atoms with Crippen molar-refractivity contribution in [3.63, 3.8) is 0 Å². The summed E-state index contributed by atoms with van der Waals surface area (Å²) in [5.41, 5.74) is 0.700. The molecule has 4 fully saturated rings. The molecule has 4 aliphatic carbocycles. The summed E-state index contributed by atoms with van der Waals surface area (Å²) in [4.78, 5) is 26.5. The molecule has 0 aromatic heterocycles. The number of aliphatic hydroxyl groups excluding tert-OH is 2. The molecule has 1 heterocycles. The van der Waals surface area contributed by atoms with Crippen LogP contribution in [0, 0.1) is 39.4 Å². The Morgan fingerprint density at radius 1 is 1.06 bits per heavy atom. The first-order chi connectivity index (χ1) is 16.0. The van der Waals surface area contributed by atoms with Crippen LogP contribution in [0.4, 0.5) is 0 Å². The lowest BCUT2D eigenvalue weighted by atomic mass is 9.36. The van der Waals surface area contributed by atoms with Gasteiger partial charge in [0.2, 0.25) is 0 Å². The normalized spacial score (nSPS) is 47.6. The third-order valence-electron chi connectivity index (χ3n) is 12.0. The fourth-order valence-electron chi connectivity index (χ4n) is 9.98. The molecular formula is C30H46O5. The van der Waals surface area contributed by atoms with E-state index in [0.717, 1.165) is 30.4 Å². The molecule has 3 unspecified atom stereocenters. The summed E-state index contributed by atoms with van der Waals surface area (Å²) in [7, 11) is 0. The number of hydrogen-bond acceptors (Lipinski definition) is 5. The zero-order valence-corrected chi connectivity index (χ0v) is 23.0. The van der Waals surface area contributed by atoms with Gasteiger partial charge in [-0.25, -0.2) is 0 Å². The Labute approximate surface area is 211 Å². The van der Waals surface area contributed by atoms with Gasteiger partial charge in [-0.2, -0.15) is 0 Å². The second-order valence-corrected chi connectivity index (χ2v) is 14.6. The van der Waals surface area contributed by atoms with Crippen LogP contribution in [-0.2, 0) is 14.3 Å². The van der Waals surface area contributed by atoms with Gasteiger partial charge in [-0.15, -0.1) is 0 Å². The molecular weight excluding hydrogens is 440 g/mol. The van der Waals surface area contributed by atoms with E-state index in [4.69, 9.17) is 4.74 Å². The molecule has 2 N–H and O–H groups in total. The third-order valence-corrected chi connectivity index (χ3v) is 12.0. The number of allylic oxidation sites excluding steroid dienone is 1. The lowest BCUT2D eigenvalue weighted by Gasteiger charge is -2.68. The number of carbonyl (C=O) groups is 2. The highest BCUT2D eigenvalue weighted by Crippen LogP contribution is 2.73. The Hall–Kier alpha value is -1.04. The van der Waals surface area contributed by atoms with Gasteiger partial charge >= 0.3 is 0 Å². The van der Waals surface area contributed by atoms with Gasteiger partial charge < -0.3 is 14.9 Å². The van der Waals surface area contributed by atoms with Crippen molar-refractivity contribution in [3.8, 4) is 0 Å². The summed E-state index contributed by atoms with van der Waals surface area (Å²) in [6.07, 6.45) is 3.52. The van der Waals surface area contributed by atoms with Gasteiger partial charge in [-0.3, -0.25) is 9.59 Å². The average Bonchev–Trinajstić information content (AvgIpc) is 3.28. The van der Waals surface area contributed by atoms with Crippen LogP contribution in [0.3, 0.4) is 0 Å². The molecule has 0 aromatic rings. The molecule has 5 aliphatic rings. The van der Waals surface area contributed by atoms with E-state index in [2.05, 4.69) is 41.5 Å². The van der Waals surface area contributed by atoms with Crippen LogP contribution in [0.25, 0.3) is 0 Å². The molecule has 0 radical (unpaired) electrons. The molecule has 5 heteroatoms. The highest BCUT2D eigenvalue weighted by Gasteiger charge is 2.70. The summed E-state index contributed by atoms with van der Waals surface area (Å²) in [5.74, 6) is 0.793. The van der Waals surface area contributed by atoms with Crippen molar-refractivity contribution in [3.05, 3.63) is 11.1 Å². The third kappa shape index (κ3) is 3.29. The molecule has 196 valence electrons. The minimum absolute atomic E-state index is 0.0589. The molecule has 5 rings (SSSR count). The number of rotatable bonds is 4. The second kappa shape index (κ2) is 7.51. The van der Waals surface area contributed by atoms with Crippen molar-refractivity contribution in [2.75, 3.05) is 0 Å². The van der Waals surface area contributed by atoms with Gasteiger partial charge in [0.25, 0.3) is 0 Å². The Kier molecular flexibility index (Phi) is 5.49. The molecule has 9 atom stereocenters. The first-order valence-corrected chi connectivity index (χ1v) is 13.8. The van der Waals surface area contributed by atoms with Crippen LogP contribution in [0.2, 0.25) is 0 Å². The summed E-state index contributed by atoms with van der Waals surface area (Å²) >= 11 is 0. The van der Waals surface area contributed by atoms with Crippen LogP contribution >= 0.6 is 0 Å². The number of ether oxygens (including phenoxy) is 1. The number of ketones is 2. The lowest BCUT2D eigenvalue weighted by Crippen LogP contribution is -2.65. The molecule has 0 aromatic carbocycles. The van der Waals surface area contributed by atoms with E-state index in [1.54, 1.807) is 0 Å². The molecule has 5 nitrogen and oxygen atoms in total. The highest BCUT2D eigenvalue weighted by molar-refractivity contribution is 6.00. The Morgan fingerprint density at radius 3 is 2.29 bits per heavy atom. The topological polar surface area (TPSA) is 87.1 Å². The zero-order chi connectivity index (χ0) is 25.9. The van der Waals surface area contributed by atoms with Crippen molar-refractivity contribution >= 4 is 11.6 Å². The van der Waals surface area contributed by atoms with Gasteiger partial charge in [-0.1, -0.05) is 47.1 Å². The van der Waals surface area contributed by atoms with E-state index in [-0.39, 0.29) is 56.9 Å². The first-order valence-electron chi connectivity index (χ1n) is 13.8. The van der Waals surface area contributed by atoms with Crippen LogP contribution < -0.4 is 0 Å². The van der Waals surface area contributed by atoms with Crippen molar-refractivity contribution in [2.24, 2.45) is 39.4 Å². The van der Waals surface area contributed by atoms with E-state index in [9.17, 15) is 19.8 Å². The standard InChI is InChI=1S/C30H46O5/c1-16(13-19(32)25-27(4,5)35-25)23-17-14-18(31)24-28(6)11-10-22(34)26(2,3)21(28)9-12-29(24,7)30(17,8)15-20(23)33/h16,18-19,21,24-25,31-32H,9-15H2,1-8H3/t16-,18?,19+,21?,24?,25-,28+,29+,30+/m1/s1. The van der Waals surface area contributed by atoms with Gasteiger partial charge in [0, 0.05) is 23.7 Å². The fraction of sp³-hybridized carbons (Fsp3) is 0.867. The maximum absolute atomic E-state index is 13.6. The maximum Gasteiger partial charge on any atom is 0.160 e. The van der Waals surface area contributed by atoms with Crippen LogP contribution in [0.15, 0.2) is 11.1 Å². The van der Waals surface area contributed by atoms with Crippen molar-refractivity contribution in [2.45, 2.75) is 124 Å². The summed E-state index contributed by atoms with van der Waals surface area (Å²) in [6, 6.07) is 0. The molecule has 0 spiro atoms. The van der Waals surface area contributed by atoms with Gasteiger partial charge in [0.05, 0.1) is 17.8 Å². The van der Waals surface area contributed by atoms with Crippen LogP contribution in [-0.4, -0.2) is 45.7 Å². The summed E-state index contributed by atoms with van der Waals surface area (Å²) in [6.45, 7) is 17.2. The van der Waals surface area contributed by atoms with E-state index < -0.39 is 12.2 Å². The summed E-state index contributed by atoms with van der Waals surface area (Å²) < 4.78 is 5.66. The molecule has 1 aliphatic heterocycles. The van der Waals surface area contributed by atoms with E-state index in [1.165, 1.54) is 0 Å². The monoisotopic (exact) mass is 486 g/mol. The number of carbonyl (C=O) groups excluding carboxylic acids is 2. The van der Waals surface area contributed by atoms with Gasteiger partial charge in [-0.05, 0) is 80.1 Å². The molecule has 35 heavy (non-hydrogen) atoms. The maximum atomic E-state index is 13.6. The Balaban J connectivity index is 1.51. The summed E-state index contributed by atoms with van der Waals surface area (Å²) in [5, 5.41) is 22.6. The zero-order valence-electron chi connectivity index (χ0n) is 23.0. The second-order valence-electron chi connectivity index (χ2n) is 14.6. The SMILES string of the molecule is C[C@H](C[C@H](O)[C@H]1OC1(C)C)C1=C2CC(O)C3[C@@]4(C)CCC(=O)C(C)(C)C4CC[C@]3(C)[C@@]2(C)CC1=O. The molecule has 1 saturated heterocycles. The minimum atomic E-state index is -0.596. The average molecular weight is 487 g/mol. The van der Waals surface area contributed by atoms with Crippen LogP contribution in [0.5, 0.6) is 0 Å². The number of fused-ring (bicyclic) bond motifs is 5. The van der Waals surface area contributed by atoms with E-state index >= 15 is 0 Å². The molecule has 0 amide bonds.